The van der Waals surface area contributed by atoms with Crippen molar-refractivity contribution in [2.75, 3.05) is 11.5 Å². The van der Waals surface area contributed by atoms with Gasteiger partial charge in [0.1, 0.15) is 16.8 Å². The minimum atomic E-state index is -4.82. The predicted molar refractivity (Wildman–Crippen MR) is 61.3 cm³/mol. The van der Waals surface area contributed by atoms with Gasteiger partial charge in [-0.2, -0.15) is 23.5 Å². The van der Waals surface area contributed by atoms with E-state index in [1.165, 1.54) is 13.0 Å². The lowest BCUT2D eigenvalue weighted by Gasteiger charge is -2.03. The number of hydrogen-bond donors (Lipinski definition) is 0. The highest BCUT2D eigenvalue weighted by Crippen LogP contribution is 2.33. The van der Waals surface area contributed by atoms with Crippen LogP contribution in [0.5, 0.6) is 0 Å². The highest BCUT2D eigenvalue weighted by atomic mass is 35.5. The molecule has 5 nitrogen and oxygen atoms in total. The van der Waals surface area contributed by atoms with Crippen LogP contribution in [0, 0.1) is 11.3 Å². The maximum absolute atomic E-state index is 12.6. The van der Waals surface area contributed by atoms with Crippen LogP contribution in [0.15, 0.2) is 0 Å². The van der Waals surface area contributed by atoms with Crippen LogP contribution in [0.1, 0.15) is 18.2 Å². The van der Waals surface area contributed by atoms with E-state index in [-0.39, 0.29) is 12.3 Å². The topological polar surface area (TPSA) is 75.8 Å². The van der Waals surface area contributed by atoms with Gasteiger partial charge in [0.15, 0.2) is 15.5 Å². The van der Waals surface area contributed by atoms with Crippen molar-refractivity contribution in [1.29, 1.82) is 5.26 Å². The van der Waals surface area contributed by atoms with Crippen LogP contribution in [-0.4, -0.2) is 29.7 Å². The molecule has 0 saturated heterocycles. The van der Waals surface area contributed by atoms with E-state index in [0.717, 1.165) is 0 Å². The Bertz CT molecular complexity index is 616. The molecule has 0 aliphatic heterocycles. The van der Waals surface area contributed by atoms with Gasteiger partial charge in [0, 0.05) is 5.75 Å². The minimum absolute atomic E-state index is 0.136. The number of halogens is 4. The molecule has 0 radical (unpaired) electrons. The molecular formula is C9H9ClF3N3O2S. The molecule has 10 heteroatoms. The van der Waals surface area contributed by atoms with E-state index >= 15 is 0 Å². The van der Waals surface area contributed by atoms with Crippen LogP contribution in [0.2, 0.25) is 5.15 Å². The first kappa shape index (κ1) is 15.8. The van der Waals surface area contributed by atoms with Crippen molar-refractivity contribution < 1.29 is 21.6 Å². The normalized spacial score (nSPS) is 12.4. The summed E-state index contributed by atoms with van der Waals surface area (Å²) in [5.74, 6) is -0.532. The molecule has 0 bridgehead atoms. The maximum Gasteiger partial charge on any atom is 0.436 e. The van der Waals surface area contributed by atoms with Gasteiger partial charge < -0.3 is 0 Å². The van der Waals surface area contributed by atoms with Crippen molar-refractivity contribution in [3.05, 3.63) is 16.4 Å². The first-order chi connectivity index (χ1) is 8.62. The Morgan fingerprint density at radius 3 is 2.42 bits per heavy atom. The fraction of sp³-hybridized carbons (Fsp3) is 0.556. The number of aromatic nitrogens is 2. The van der Waals surface area contributed by atoms with Crippen molar-refractivity contribution in [3.8, 4) is 6.07 Å². The zero-order valence-corrected chi connectivity index (χ0v) is 11.3. The average molecular weight is 316 g/mol. The molecule has 0 fully saturated rings. The van der Waals surface area contributed by atoms with Crippen LogP contribution >= 0.6 is 11.6 Å². The molecule has 0 aliphatic carbocycles. The number of sulfone groups is 1. The number of rotatable bonds is 4. The minimum Gasteiger partial charge on any atom is -0.251 e. The van der Waals surface area contributed by atoms with E-state index in [1.54, 1.807) is 0 Å². The average Bonchev–Trinajstić information content (AvgIpc) is 2.63. The summed E-state index contributed by atoms with van der Waals surface area (Å²) in [7, 11) is -3.36. The van der Waals surface area contributed by atoms with Gasteiger partial charge in [-0.05, 0) is 0 Å². The van der Waals surface area contributed by atoms with Crippen LogP contribution < -0.4 is 0 Å². The van der Waals surface area contributed by atoms with Crippen LogP contribution in [0.4, 0.5) is 13.2 Å². The quantitative estimate of drug-likeness (QED) is 0.850. The Kier molecular flexibility index (Phi) is 4.47. The molecule has 0 amide bonds. The van der Waals surface area contributed by atoms with Crippen molar-refractivity contribution in [2.24, 2.45) is 0 Å². The fourth-order valence-corrected chi connectivity index (χ4v) is 2.25. The Morgan fingerprint density at radius 1 is 1.47 bits per heavy atom. The van der Waals surface area contributed by atoms with Crippen molar-refractivity contribution in [2.45, 2.75) is 19.6 Å². The van der Waals surface area contributed by atoms with Gasteiger partial charge in [0.25, 0.3) is 0 Å². The zero-order chi connectivity index (χ0) is 14.8. The summed E-state index contributed by atoms with van der Waals surface area (Å²) in [5, 5.41) is 11.3. The Labute approximate surface area is 112 Å². The second-order valence-electron chi connectivity index (χ2n) is 3.58. The summed E-state index contributed by atoms with van der Waals surface area (Å²) in [5.41, 5.74) is -2.21. The van der Waals surface area contributed by atoms with Crippen LogP contribution in [0.3, 0.4) is 0 Å². The van der Waals surface area contributed by atoms with Crippen molar-refractivity contribution >= 4 is 21.4 Å². The lowest BCUT2D eigenvalue weighted by atomic mass is 10.2. The smallest absolute Gasteiger partial charge is 0.251 e. The number of aryl methyl sites for hydroxylation is 1. The molecule has 0 aromatic carbocycles. The van der Waals surface area contributed by atoms with E-state index < -0.39 is 38.2 Å². The molecule has 19 heavy (non-hydrogen) atoms. The molecule has 106 valence electrons. The highest BCUT2D eigenvalue weighted by Gasteiger charge is 2.39. The molecular weight excluding hydrogens is 307 g/mol. The monoisotopic (exact) mass is 315 g/mol. The molecule has 0 atom stereocenters. The van der Waals surface area contributed by atoms with Gasteiger partial charge in [-0.3, -0.25) is 4.68 Å². The van der Waals surface area contributed by atoms with Gasteiger partial charge in [-0.25, -0.2) is 8.42 Å². The molecule has 0 saturated carbocycles. The predicted octanol–water partition coefficient (Wildman–Crippen LogP) is 1.86. The number of nitrogens with zero attached hydrogens (tertiary/aromatic N) is 3. The third-order valence-corrected chi connectivity index (χ3v) is 4.39. The lowest BCUT2D eigenvalue weighted by Crippen LogP contribution is -2.16. The summed E-state index contributed by atoms with van der Waals surface area (Å²) in [6.07, 6.45) is -4.82. The Morgan fingerprint density at radius 2 is 2.05 bits per heavy atom. The summed E-state index contributed by atoms with van der Waals surface area (Å²) in [6.45, 7) is 1.08. The van der Waals surface area contributed by atoms with Crippen molar-refractivity contribution in [3.63, 3.8) is 0 Å². The molecule has 1 rings (SSSR count). The van der Waals surface area contributed by atoms with E-state index in [9.17, 15) is 21.6 Å². The van der Waals surface area contributed by atoms with Gasteiger partial charge in [-0.1, -0.05) is 18.5 Å². The molecule has 1 aromatic rings. The first-order valence-corrected chi connectivity index (χ1v) is 7.26. The van der Waals surface area contributed by atoms with Gasteiger partial charge in [0.2, 0.25) is 0 Å². The van der Waals surface area contributed by atoms with Gasteiger partial charge in [0.05, 0.1) is 12.3 Å². The largest absolute Gasteiger partial charge is 0.436 e. The Balaban J connectivity index is 3.12. The fourth-order valence-electron chi connectivity index (χ4n) is 1.26. The first-order valence-electron chi connectivity index (χ1n) is 5.06. The Hall–Kier alpha value is -1.27. The standard InChI is InChI=1S/C9H9ClF3N3O2S/c1-2-19(17,18)4-3-16-8(10)6(5-14)7(15-16)9(11,12)13/h2-4H2,1H3. The van der Waals surface area contributed by atoms with E-state index in [0.29, 0.717) is 4.68 Å². The summed E-state index contributed by atoms with van der Waals surface area (Å²) >= 11 is 5.59. The molecule has 0 spiro atoms. The molecule has 0 N–H and O–H groups in total. The molecule has 0 aliphatic rings. The van der Waals surface area contributed by atoms with Crippen molar-refractivity contribution in [1.82, 2.24) is 9.78 Å². The molecule has 1 heterocycles. The van der Waals surface area contributed by atoms with E-state index in [1.807, 2.05) is 0 Å². The summed E-state index contributed by atoms with van der Waals surface area (Å²) in [4.78, 5) is 0. The number of nitriles is 1. The van der Waals surface area contributed by atoms with Crippen LogP contribution in [-0.2, 0) is 22.6 Å². The third-order valence-electron chi connectivity index (χ3n) is 2.32. The molecule has 0 unspecified atom stereocenters. The summed E-state index contributed by atoms with van der Waals surface area (Å²) < 4.78 is 60.9. The highest BCUT2D eigenvalue weighted by molar-refractivity contribution is 7.91. The second kappa shape index (κ2) is 5.38. The van der Waals surface area contributed by atoms with Gasteiger partial charge >= 0.3 is 6.18 Å². The SMILES string of the molecule is CCS(=O)(=O)CCn1nc(C(F)(F)F)c(C#N)c1Cl. The number of alkyl halides is 3. The van der Waals surface area contributed by atoms with Crippen LogP contribution in [0.25, 0.3) is 0 Å². The maximum atomic E-state index is 12.6. The molecule has 1 aromatic heterocycles. The summed E-state index contributed by atoms with van der Waals surface area (Å²) in [6, 6.07) is 1.32. The van der Waals surface area contributed by atoms with E-state index in [4.69, 9.17) is 16.9 Å². The van der Waals surface area contributed by atoms with E-state index in [2.05, 4.69) is 5.10 Å². The lowest BCUT2D eigenvalue weighted by molar-refractivity contribution is -0.141. The second-order valence-corrected chi connectivity index (χ2v) is 6.41. The van der Waals surface area contributed by atoms with Gasteiger partial charge in [-0.15, -0.1) is 0 Å². The number of hydrogen-bond acceptors (Lipinski definition) is 4. The third kappa shape index (κ3) is 3.61. The zero-order valence-electron chi connectivity index (χ0n) is 9.70.